The predicted octanol–water partition coefficient (Wildman–Crippen LogP) is 0.780. The number of carboxylic acid groups (broad SMARTS) is 2. The number of aromatic amines is 1. The van der Waals surface area contributed by atoms with Crippen molar-refractivity contribution in [3.05, 3.63) is 51.9 Å². The van der Waals surface area contributed by atoms with Gasteiger partial charge in [0.25, 0.3) is 11.8 Å². The van der Waals surface area contributed by atoms with Gasteiger partial charge in [0.15, 0.2) is 23.6 Å². The molecule has 5 rings (SSSR count). The molecule has 6 N–H and O–H groups in total. The van der Waals surface area contributed by atoms with Crippen LogP contribution in [0.4, 0.5) is 5.13 Å². The van der Waals surface area contributed by atoms with Crippen LogP contribution in [0.2, 0.25) is 4.34 Å². The number of nitrogens with two attached hydrogens (primary N) is 1. The van der Waals surface area contributed by atoms with Gasteiger partial charge < -0.3 is 31.1 Å². The van der Waals surface area contributed by atoms with Gasteiger partial charge in [0.1, 0.15) is 32.7 Å². The van der Waals surface area contributed by atoms with Crippen LogP contribution in [-0.4, -0.2) is 77.8 Å². The van der Waals surface area contributed by atoms with Crippen molar-refractivity contribution in [3.63, 3.8) is 0 Å². The number of fused-ring (bicyclic) bond motifs is 2. The molecule has 0 aliphatic carbocycles. The number of thioether (sulfide) groups is 1. The Labute approximate surface area is 238 Å². The number of pyridine rings is 1. The summed E-state index contributed by atoms with van der Waals surface area (Å²) >= 11 is 8.30. The fourth-order valence-corrected chi connectivity index (χ4v) is 6.54. The van der Waals surface area contributed by atoms with Gasteiger partial charge >= 0.3 is 11.9 Å². The van der Waals surface area contributed by atoms with E-state index in [0.29, 0.717) is 11.3 Å². The molecule has 208 valence electrons. The van der Waals surface area contributed by atoms with E-state index in [1.165, 1.54) is 18.7 Å². The number of carbonyl (C=O) groups excluding carboxylic acids is 2. The minimum Gasteiger partial charge on any atom is -0.478 e. The van der Waals surface area contributed by atoms with Crippen molar-refractivity contribution >= 4 is 80.3 Å². The summed E-state index contributed by atoms with van der Waals surface area (Å²) in [5.41, 5.74) is 7.20. The zero-order valence-electron chi connectivity index (χ0n) is 20.5. The van der Waals surface area contributed by atoms with Crippen molar-refractivity contribution in [1.82, 2.24) is 20.2 Å². The maximum Gasteiger partial charge on any atom is 0.352 e. The van der Waals surface area contributed by atoms with Gasteiger partial charge in [-0.05, 0) is 13.0 Å². The quantitative estimate of drug-likeness (QED) is 0.100. The molecule has 5 heterocycles. The minimum atomic E-state index is -1.40. The Morgan fingerprint density at radius 2 is 2.17 bits per heavy atom. The summed E-state index contributed by atoms with van der Waals surface area (Å²) in [5.74, 6) is -3.85. The summed E-state index contributed by atoms with van der Waals surface area (Å²) in [5, 5.41) is 24.6. The van der Waals surface area contributed by atoms with Crippen LogP contribution in [0.25, 0.3) is 11.0 Å². The summed E-state index contributed by atoms with van der Waals surface area (Å²) in [6, 6.07) is 4.51. The van der Waals surface area contributed by atoms with Gasteiger partial charge in [0, 0.05) is 29.7 Å². The number of nitrogens with one attached hydrogen (secondary N) is 2. The number of rotatable bonds is 9. The van der Waals surface area contributed by atoms with Crippen molar-refractivity contribution in [2.24, 2.45) is 5.16 Å². The van der Waals surface area contributed by atoms with Crippen LogP contribution in [0.5, 0.6) is 0 Å². The highest BCUT2D eigenvalue weighted by molar-refractivity contribution is 8.00. The predicted molar refractivity (Wildman–Crippen MR) is 144 cm³/mol. The van der Waals surface area contributed by atoms with Crippen LogP contribution in [0.3, 0.4) is 0 Å². The average molecular weight is 607 g/mol. The van der Waals surface area contributed by atoms with E-state index in [1.54, 1.807) is 6.20 Å². The number of carbonyl (C=O) groups is 4. The number of nitrogen functional groups attached to an aromatic ring is 1. The summed E-state index contributed by atoms with van der Waals surface area (Å²) in [7, 11) is 0. The molecule has 14 nitrogen and oxygen atoms in total. The van der Waals surface area contributed by atoms with Gasteiger partial charge in [-0.1, -0.05) is 28.1 Å². The van der Waals surface area contributed by atoms with Crippen molar-refractivity contribution in [2.75, 3.05) is 11.5 Å². The molecule has 2 aliphatic rings. The zero-order chi connectivity index (χ0) is 28.7. The highest BCUT2D eigenvalue weighted by Crippen LogP contribution is 2.40. The second-order valence-corrected chi connectivity index (χ2v) is 11.5. The van der Waals surface area contributed by atoms with E-state index < -0.39 is 47.0 Å². The monoisotopic (exact) mass is 606 g/mol. The molecule has 3 aromatic heterocycles. The fourth-order valence-electron chi connectivity index (χ4n) is 4.27. The molecule has 0 radical (unpaired) electrons. The van der Waals surface area contributed by atoms with Crippen molar-refractivity contribution in [1.29, 1.82) is 0 Å². The van der Waals surface area contributed by atoms with E-state index in [0.717, 1.165) is 27.3 Å². The van der Waals surface area contributed by atoms with Crippen LogP contribution in [0.15, 0.2) is 47.0 Å². The number of nitrogens with zero attached hydrogens (tertiary/aromatic N) is 4. The van der Waals surface area contributed by atoms with Crippen LogP contribution in [-0.2, 0) is 30.6 Å². The van der Waals surface area contributed by atoms with Crippen molar-refractivity contribution in [2.45, 2.75) is 31.0 Å². The topological polar surface area (TPSA) is 204 Å². The molecule has 1 saturated heterocycles. The van der Waals surface area contributed by atoms with Gasteiger partial charge in [-0.2, -0.15) is 4.57 Å². The first-order valence-electron chi connectivity index (χ1n) is 11.6. The Balaban J connectivity index is 1.38. The number of anilines is 1. The average Bonchev–Trinajstić information content (AvgIpc) is 3.53. The second-order valence-electron chi connectivity index (χ2n) is 8.73. The molecule has 0 spiro atoms. The first-order valence-corrected chi connectivity index (χ1v) is 13.9. The van der Waals surface area contributed by atoms with E-state index in [1.807, 2.05) is 29.0 Å². The maximum absolute atomic E-state index is 13.2. The Bertz CT molecular complexity index is 1620. The van der Waals surface area contributed by atoms with E-state index in [4.69, 9.17) is 27.3 Å². The van der Waals surface area contributed by atoms with Gasteiger partial charge in [-0.25, -0.2) is 14.6 Å². The van der Waals surface area contributed by atoms with Crippen molar-refractivity contribution < 1.29 is 38.8 Å². The number of halogens is 1. The molecule has 0 aromatic carbocycles. The second kappa shape index (κ2) is 10.8. The first kappa shape index (κ1) is 27.4. The molecular formula is C23H21ClN7O7S2+. The normalized spacial score (nSPS) is 19.7. The number of hydrogen-bond acceptors (Lipinski definition) is 10. The van der Waals surface area contributed by atoms with Crippen LogP contribution in [0, 0.1) is 0 Å². The molecule has 3 atom stereocenters. The standard InChI is InChI=1S/C23H20ClN7O7S2/c1-9(21(34)35)38-29-14(13-17(24)40-23(25)28-13)18(32)27-15-19(33)31-16(22(36)37)10(8-39-20(15)31)7-30-6-2-3-11-12(30)4-5-26-11/h2-6,9,15,20H,7-8H2,1H3,(H5,25,27,28,32,34,35,36,37)/p+1/b29-14-/t9-,15+,20?/m0/s1. The molecule has 1 fully saturated rings. The summed E-state index contributed by atoms with van der Waals surface area (Å²) in [6.45, 7) is 1.45. The number of thiazole rings is 1. The first-order chi connectivity index (χ1) is 19.1. The van der Waals surface area contributed by atoms with Gasteiger partial charge in [-0.15, -0.1) is 11.8 Å². The number of hydrogen-bond donors (Lipinski definition) is 5. The molecular weight excluding hydrogens is 586 g/mol. The Hall–Kier alpha value is -4.15. The molecule has 40 heavy (non-hydrogen) atoms. The number of H-pyrrole nitrogens is 1. The smallest absolute Gasteiger partial charge is 0.352 e. The lowest BCUT2D eigenvalue weighted by Crippen LogP contribution is -2.71. The number of aromatic nitrogens is 3. The molecule has 2 aliphatic heterocycles. The summed E-state index contributed by atoms with van der Waals surface area (Å²) in [4.78, 5) is 63.0. The third-order valence-electron chi connectivity index (χ3n) is 6.18. The Morgan fingerprint density at radius 1 is 1.40 bits per heavy atom. The molecule has 0 bridgehead atoms. The van der Waals surface area contributed by atoms with Crippen LogP contribution < -0.4 is 15.6 Å². The SMILES string of the molecule is C[C@H](O/N=C(\C(=O)N[C@@H]1C(=O)N2C(C(=O)O)=C(C[n+]3cccc4[nH]ccc43)CSC12)c1nc(N)sc1Cl)C(=O)O. The molecule has 3 aromatic rings. The summed E-state index contributed by atoms with van der Waals surface area (Å²) in [6.07, 6.45) is 2.21. The molecule has 1 unspecified atom stereocenters. The van der Waals surface area contributed by atoms with Gasteiger partial charge in [0.05, 0.1) is 0 Å². The largest absolute Gasteiger partial charge is 0.478 e. The van der Waals surface area contributed by atoms with E-state index >= 15 is 0 Å². The molecule has 0 saturated carbocycles. The number of aliphatic carboxylic acids is 2. The number of β-lactam (4-membered cyclic amide) rings is 1. The number of carboxylic acids is 2. The van der Waals surface area contributed by atoms with Gasteiger partial charge in [-0.3, -0.25) is 14.5 Å². The lowest BCUT2D eigenvalue weighted by Gasteiger charge is -2.49. The van der Waals surface area contributed by atoms with Crippen LogP contribution >= 0.6 is 34.7 Å². The molecule has 17 heteroatoms. The van der Waals surface area contributed by atoms with E-state index in [9.17, 15) is 24.3 Å². The van der Waals surface area contributed by atoms with E-state index in [2.05, 4.69) is 20.4 Å². The third-order valence-corrected chi connectivity index (χ3v) is 8.61. The van der Waals surface area contributed by atoms with Crippen LogP contribution in [0.1, 0.15) is 12.6 Å². The highest BCUT2D eigenvalue weighted by Gasteiger charge is 2.55. The Morgan fingerprint density at radius 3 is 2.85 bits per heavy atom. The summed E-state index contributed by atoms with van der Waals surface area (Å²) < 4.78 is 1.89. The fraction of sp³-hybridized carbons (Fsp3) is 0.261. The zero-order valence-corrected chi connectivity index (χ0v) is 22.9. The molecule has 2 amide bonds. The number of amides is 2. The Kier molecular flexibility index (Phi) is 7.39. The maximum atomic E-state index is 13.2. The third kappa shape index (κ3) is 4.96. The number of oxime groups is 1. The lowest BCUT2D eigenvalue weighted by atomic mass is 10.0. The van der Waals surface area contributed by atoms with Crippen molar-refractivity contribution in [3.8, 4) is 0 Å². The minimum absolute atomic E-state index is 0.00210. The van der Waals surface area contributed by atoms with E-state index in [-0.39, 0.29) is 27.4 Å². The lowest BCUT2D eigenvalue weighted by molar-refractivity contribution is -0.663. The highest BCUT2D eigenvalue weighted by atomic mass is 35.5. The van der Waals surface area contributed by atoms with Gasteiger partial charge in [0.2, 0.25) is 11.6 Å².